The lowest BCUT2D eigenvalue weighted by atomic mass is 9.92. The summed E-state index contributed by atoms with van der Waals surface area (Å²) >= 11 is 1.15. The van der Waals surface area contributed by atoms with Gasteiger partial charge in [-0.3, -0.25) is 4.79 Å². The molecule has 1 aromatic carbocycles. The molecule has 1 amide bonds. The second-order valence-corrected chi connectivity index (χ2v) is 8.05. The number of ether oxygens (including phenoxy) is 2. The summed E-state index contributed by atoms with van der Waals surface area (Å²) in [4.78, 5) is 12.6. The number of amides is 1. The van der Waals surface area contributed by atoms with E-state index < -0.39 is 53.9 Å². The van der Waals surface area contributed by atoms with Gasteiger partial charge in [-0.2, -0.15) is 0 Å². The minimum Gasteiger partial charge on any atom is -0.497 e. The third-order valence-electron chi connectivity index (χ3n) is 4.97. The molecule has 0 aliphatic carbocycles. The van der Waals surface area contributed by atoms with Crippen molar-refractivity contribution in [2.75, 3.05) is 13.4 Å². The lowest BCUT2D eigenvalue weighted by molar-refractivity contribution is -0.211. The minimum absolute atomic E-state index is 0.255. The van der Waals surface area contributed by atoms with E-state index in [4.69, 9.17) is 15.2 Å². The molecule has 0 bridgehead atoms. The van der Waals surface area contributed by atoms with Crippen molar-refractivity contribution in [3.63, 3.8) is 0 Å². The van der Waals surface area contributed by atoms with Gasteiger partial charge in [0.1, 0.15) is 35.6 Å². The summed E-state index contributed by atoms with van der Waals surface area (Å²) in [5.41, 5.74) is 6.03. The number of aliphatic hydroxyl groups excluding tert-OH is 4. The van der Waals surface area contributed by atoms with Gasteiger partial charge >= 0.3 is 0 Å². The topological polar surface area (TPSA) is 154 Å². The van der Waals surface area contributed by atoms with Crippen LogP contribution in [-0.2, 0) is 16.0 Å². The number of thioether (sulfide) groups is 1. The molecule has 10 heteroatoms. The van der Waals surface area contributed by atoms with Crippen molar-refractivity contribution in [1.82, 2.24) is 5.32 Å². The van der Waals surface area contributed by atoms with Gasteiger partial charge in [0.05, 0.1) is 25.3 Å². The number of nitrogens with two attached hydrogens (primary N) is 1. The lowest BCUT2D eigenvalue weighted by Crippen LogP contribution is -2.65. The Morgan fingerprint density at radius 3 is 2.38 bits per heavy atom. The van der Waals surface area contributed by atoms with Crippen molar-refractivity contribution in [3.8, 4) is 5.75 Å². The van der Waals surface area contributed by atoms with Crippen molar-refractivity contribution < 1.29 is 34.7 Å². The Morgan fingerprint density at radius 2 is 1.86 bits per heavy atom. The molecule has 29 heavy (non-hydrogen) atoms. The van der Waals surface area contributed by atoms with Gasteiger partial charge in [-0.15, -0.1) is 11.8 Å². The maximum atomic E-state index is 12.6. The first-order chi connectivity index (χ1) is 13.7. The van der Waals surface area contributed by atoms with Gasteiger partial charge in [-0.25, -0.2) is 0 Å². The molecule has 1 aromatic rings. The van der Waals surface area contributed by atoms with Crippen molar-refractivity contribution in [2.24, 2.45) is 5.73 Å². The Morgan fingerprint density at radius 1 is 1.24 bits per heavy atom. The lowest BCUT2D eigenvalue weighted by Gasteiger charge is -2.44. The van der Waals surface area contributed by atoms with Crippen LogP contribution < -0.4 is 15.8 Å². The fraction of sp³-hybridized carbons (Fsp3) is 0.632. The Hall–Kier alpha value is -1.40. The van der Waals surface area contributed by atoms with Crippen LogP contribution in [0.3, 0.4) is 0 Å². The number of carbonyl (C=O) groups is 1. The van der Waals surface area contributed by atoms with Crippen LogP contribution in [-0.4, -0.2) is 87.7 Å². The van der Waals surface area contributed by atoms with E-state index in [2.05, 4.69) is 5.32 Å². The first-order valence-electron chi connectivity index (χ1n) is 9.29. The first-order valence-corrected chi connectivity index (χ1v) is 10.6. The zero-order valence-corrected chi connectivity index (χ0v) is 17.5. The number of hydrogen-bond acceptors (Lipinski definition) is 9. The zero-order chi connectivity index (χ0) is 21.7. The van der Waals surface area contributed by atoms with E-state index in [0.717, 1.165) is 17.3 Å². The van der Waals surface area contributed by atoms with Crippen LogP contribution in [0.2, 0.25) is 0 Å². The second kappa shape index (κ2) is 10.6. The third-order valence-corrected chi connectivity index (χ3v) is 5.83. The zero-order valence-electron chi connectivity index (χ0n) is 16.6. The smallest absolute Gasteiger partial charge is 0.237 e. The van der Waals surface area contributed by atoms with Crippen LogP contribution in [0, 0.1) is 0 Å². The summed E-state index contributed by atoms with van der Waals surface area (Å²) in [6.07, 6.45) is -4.55. The Kier molecular flexibility index (Phi) is 8.71. The number of hydrogen-bond donors (Lipinski definition) is 6. The summed E-state index contributed by atoms with van der Waals surface area (Å²) in [6.45, 7) is 1.43. The van der Waals surface area contributed by atoms with Crippen molar-refractivity contribution in [2.45, 2.75) is 61.4 Å². The van der Waals surface area contributed by atoms with Crippen molar-refractivity contribution in [3.05, 3.63) is 29.8 Å². The highest BCUT2D eigenvalue weighted by Crippen LogP contribution is 2.29. The number of rotatable bonds is 8. The molecular formula is C19H30N2O7S. The number of carbonyl (C=O) groups excluding carboxylic acids is 1. The molecule has 0 unspecified atom stereocenters. The molecule has 1 heterocycles. The van der Waals surface area contributed by atoms with Crippen LogP contribution in [0.15, 0.2) is 24.3 Å². The predicted octanol–water partition coefficient (Wildman–Crippen LogP) is -1.40. The van der Waals surface area contributed by atoms with Crippen LogP contribution in [0.4, 0.5) is 0 Å². The number of aliphatic hydroxyl groups is 4. The summed E-state index contributed by atoms with van der Waals surface area (Å²) in [7, 11) is 1.56. The second-order valence-electron chi connectivity index (χ2n) is 7.11. The van der Waals surface area contributed by atoms with Gasteiger partial charge in [-0.05, 0) is 37.3 Å². The molecule has 1 fully saturated rings. The van der Waals surface area contributed by atoms with Crippen LogP contribution in [0.5, 0.6) is 5.75 Å². The third kappa shape index (κ3) is 5.82. The van der Waals surface area contributed by atoms with E-state index in [1.165, 1.54) is 6.92 Å². The van der Waals surface area contributed by atoms with E-state index in [0.29, 0.717) is 5.75 Å². The average molecular weight is 431 g/mol. The molecule has 0 aromatic heterocycles. The maximum Gasteiger partial charge on any atom is 0.237 e. The summed E-state index contributed by atoms with van der Waals surface area (Å²) < 4.78 is 10.7. The largest absolute Gasteiger partial charge is 0.497 e. The van der Waals surface area contributed by atoms with E-state index in [1.54, 1.807) is 37.6 Å². The summed E-state index contributed by atoms with van der Waals surface area (Å²) in [5, 5.41) is 43.2. The molecule has 0 saturated carbocycles. The fourth-order valence-corrected chi connectivity index (χ4v) is 3.90. The van der Waals surface area contributed by atoms with Crippen molar-refractivity contribution in [1.29, 1.82) is 0 Å². The molecule has 8 atom stereocenters. The molecule has 2 rings (SSSR count). The van der Waals surface area contributed by atoms with Gasteiger partial charge < -0.3 is 41.0 Å². The summed E-state index contributed by atoms with van der Waals surface area (Å²) in [6, 6.07) is 5.19. The highest BCUT2D eigenvalue weighted by molar-refractivity contribution is 7.99. The van der Waals surface area contributed by atoms with Crippen LogP contribution >= 0.6 is 11.8 Å². The average Bonchev–Trinajstić information content (AvgIpc) is 2.71. The van der Waals surface area contributed by atoms with Gasteiger partial charge in [0.2, 0.25) is 5.91 Å². The monoisotopic (exact) mass is 430 g/mol. The molecule has 164 valence electrons. The Bertz CT molecular complexity index is 658. The van der Waals surface area contributed by atoms with Crippen LogP contribution in [0.25, 0.3) is 0 Å². The minimum atomic E-state index is -1.49. The molecule has 0 radical (unpaired) electrons. The van der Waals surface area contributed by atoms with Gasteiger partial charge in [0.25, 0.3) is 0 Å². The molecule has 0 spiro atoms. The van der Waals surface area contributed by atoms with E-state index in [9.17, 15) is 25.2 Å². The maximum absolute atomic E-state index is 12.6. The molecule has 1 saturated heterocycles. The molecule has 1 aliphatic heterocycles. The van der Waals surface area contributed by atoms with E-state index >= 15 is 0 Å². The highest BCUT2D eigenvalue weighted by atomic mass is 32.2. The number of nitrogens with one attached hydrogen (secondary N) is 1. The number of benzene rings is 1. The summed E-state index contributed by atoms with van der Waals surface area (Å²) in [5.74, 6) is 0.150. The molecular weight excluding hydrogens is 400 g/mol. The quantitative estimate of drug-likeness (QED) is 0.292. The standard InChI is InChI=1S/C19H30N2O7S/c1-9(22)13(17-15(24)14(23)16(25)19(28-17)29-3)21-18(26)12(20)8-10-4-6-11(27-2)7-5-10/h4-7,9,12-17,19,22-25H,8,20H2,1-3H3,(H,21,26)/t9-,12+,13-,14+,15-,16-,17-,19-/m1/s1. The van der Waals surface area contributed by atoms with E-state index in [1.807, 2.05) is 0 Å². The van der Waals surface area contributed by atoms with Gasteiger partial charge in [0, 0.05) is 0 Å². The highest BCUT2D eigenvalue weighted by Gasteiger charge is 2.48. The Labute approximate surface area is 174 Å². The number of methoxy groups -OCH3 is 1. The predicted molar refractivity (Wildman–Crippen MR) is 108 cm³/mol. The Balaban J connectivity index is 2.07. The molecule has 1 aliphatic rings. The van der Waals surface area contributed by atoms with Gasteiger partial charge in [-0.1, -0.05) is 12.1 Å². The van der Waals surface area contributed by atoms with Crippen molar-refractivity contribution >= 4 is 17.7 Å². The molecule has 7 N–H and O–H groups in total. The van der Waals surface area contributed by atoms with E-state index in [-0.39, 0.29) is 6.42 Å². The van der Waals surface area contributed by atoms with Crippen LogP contribution in [0.1, 0.15) is 12.5 Å². The fourth-order valence-electron chi connectivity index (χ4n) is 3.22. The first kappa shape index (κ1) is 23.9. The van der Waals surface area contributed by atoms with Gasteiger partial charge in [0.15, 0.2) is 0 Å². The SMILES string of the molecule is COc1ccc(C[C@H](N)C(=O)N[C@@H]([C@H]2O[C@H](SC)[C@H](O)[C@@H](O)[C@H]2O)[C@@H](C)O)cc1. The molecule has 9 nitrogen and oxygen atoms in total. The normalized spacial score (nSPS) is 30.3.